The lowest BCUT2D eigenvalue weighted by molar-refractivity contribution is -0.396. The van der Waals surface area contributed by atoms with E-state index in [4.69, 9.17) is 4.74 Å². The molecule has 0 saturated heterocycles. The predicted octanol–water partition coefficient (Wildman–Crippen LogP) is 5.76. The summed E-state index contributed by atoms with van der Waals surface area (Å²) in [5, 5.41) is 26.6. The molecule has 32 heavy (non-hydrogen) atoms. The zero-order chi connectivity index (χ0) is 23.3. The number of para-hydroxylation sites is 1. The Morgan fingerprint density at radius 3 is 1.97 bits per heavy atom. The Hall–Kier alpha value is -4.48. The third kappa shape index (κ3) is 5.36. The molecule has 0 aliphatic carbocycles. The topological polar surface area (TPSA) is 120 Å². The Morgan fingerprint density at radius 1 is 0.906 bits per heavy atom. The maximum absolute atomic E-state index is 13.0. The highest BCUT2D eigenvalue weighted by atomic mass is 19.4. The number of halogens is 3. The summed E-state index contributed by atoms with van der Waals surface area (Å²) in [7, 11) is 0. The van der Waals surface area contributed by atoms with Crippen LogP contribution in [0.1, 0.15) is 11.1 Å². The van der Waals surface area contributed by atoms with E-state index in [-0.39, 0.29) is 17.9 Å². The zero-order valence-electron chi connectivity index (χ0n) is 15.9. The first-order valence-corrected chi connectivity index (χ1v) is 8.81. The van der Waals surface area contributed by atoms with Crippen molar-refractivity contribution in [3.05, 3.63) is 98.1 Å². The first-order valence-electron chi connectivity index (χ1n) is 8.81. The van der Waals surface area contributed by atoms with Crippen LogP contribution in [0.4, 0.5) is 30.2 Å². The van der Waals surface area contributed by atoms with Crippen LogP contribution in [0, 0.1) is 20.2 Å². The van der Waals surface area contributed by atoms with E-state index in [1.165, 1.54) is 30.5 Å². The van der Waals surface area contributed by atoms with Crippen molar-refractivity contribution in [3.63, 3.8) is 0 Å². The number of benzene rings is 3. The second-order valence-corrected chi connectivity index (χ2v) is 6.26. The quantitative estimate of drug-likeness (QED) is 0.280. The highest BCUT2D eigenvalue weighted by Crippen LogP contribution is 2.44. The van der Waals surface area contributed by atoms with Gasteiger partial charge in [0.15, 0.2) is 0 Å². The van der Waals surface area contributed by atoms with Gasteiger partial charge in [-0.25, -0.2) is 0 Å². The highest BCUT2D eigenvalue weighted by molar-refractivity contribution is 5.80. The summed E-state index contributed by atoms with van der Waals surface area (Å²) >= 11 is 0. The van der Waals surface area contributed by atoms with Crippen molar-refractivity contribution >= 4 is 23.3 Å². The summed E-state index contributed by atoms with van der Waals surface area (Å²) in [6.07, 6.45) is -3.54. The van der Waals surface area contributed by atoms with Gasteiger partial charge in [0.05, 0.1) is 27.3 Å². The number of hydrazone groups is 1. The molecule has 164 valence electrons. The molecule has 3 aromatic carbocycles. The van der Waals surface area contributed by atoms with Gasteiger partial charge in [0.25, 0.3) is 5.75 Å². The molecular weight excluding hydrogens is 433 g/mol. The van der Waals surface area contributed by atoms with E-state index in [1.807, 2.05) is 18.2 Å². The number of hydrogen-bond donors (Lipinski definition) is 1. The van der Waals surface area contributed by atoms with Crippen LogP contribution in [0.15, 0.2) is 71.8 Å². The summed E-state index contributed by atoms with van der Waals surface area (Å²) in [6, 6.07) is 15.2. The number of alkyl halides is 3. The summed E-state index contributed by atoms with van der Waals surface area (Å²) in [6.45, 7) is 0. The van der Waals surface area contributed by atoms with Gasteiger partial charge in [0.1, 0.15) is 5.75 Å². The van der Waals surface area contributed by atoms with Crippen molar-refractivity contribution in [2.75, 3.05) is 5.43 Å². The SMILES string of the molecule is O=[N+]([O-])c1cc(C(F)(F)F)cc([N+](=O)[O-])c1Oc1ccc(C=NNc2ccccc2)cc1. The average Bonchev–Trinajstić information content (AvgIpc) is 2.74. The van der Waals surface area contributed by atoms with Gasteiger partial charge < -0.3 is 4.74 Å². The molecule has 1 N–H and O–H groups in total. The Labute approximate surface area is 178 Å². The minimum Gasteiger partial charge on any atom is -0.444 e. The lowest BCUT2D eigenvalue weighted by Gasteiger charge is -2.11. The molecule has 0 saturated carbocycles. The number of nitrogens with zero attached hydrogens (tertiary/aromatic N) is 3. The maximum atomic E-state index is 13.0. The molecule has 0 spiro atoms. The normalized spacial score (nSPS) is 11.3. The summed E-state index contributed by atoms with van der Waals surface area (Å²) in [5.41, 5.74) is 0.271. The van der Waals surface area contributed by atoms with E-state index in [2.05, 4.69) is 10.5 Å². The van der Waals surface area contributed by atoms with E-state index in [0.29, 0.717) is 5.56 Å². The lowest BCUT2D eigenvalue weighted by Crippen LogP contribution is -2.08. The van der Waals surface area contributed by atoms with Gasteiger partial charge in [-0.1, -0.05) is 18.2 Å². The van der Waals surface area contributed by atoms with Crippen LogP contribution >= 0.6 is 0 Å². The molecule has 0 fully saturated rings. The summed E-state index contributed by atoms with van der Waals surface area (Å²) in [5.74, 6) is -0.954. The van der Waals surface area contributed by atoms with Gasteiger partial charge in [-0.15, -0.1) is 0 Å². The van der Waals surface area contributed by atoms with Crippen molar-refractivity contribution in [2.24, 2.45) is 5.10 Å². The number of anilines is 1. The van der Waals surface area contributed by atoms with Crippen LogP contribution in [0.25, 0.3) is 0 Å². The van der Waals surface area contributed by atoms with E-state index in [0.717, 1.165) is 5.69 Å². The largest absolute Gasteiger partial charge is 0.444 e. The fourth-order valence-corrected chi connectivity index (χ4v) is 2.57. The minimum absolute atomic E-state index is 0.0517. The lowest BCUT2D eigenvalue weighted by atomic mass is 10.1. The van der Waals surface area contributed by atoms with Crippen molar-refractivity contribution in [1.82, 2.24) is 0 Å². The maximum Gasteiger partial charge on any atom is 0.416 e. The van der Waals surface area contributed by atoms with Crippen molar-refractivity contribution < 1.29 is 27.8 Å². The fraction of sp³-hybridized carbons (Fsp3) is 0.0500. The number of nitrogens with one attached hydrogen (secondary N) is 1. The van der Waals surface area contributed by atoms with Gasteiger partial charge in [-0.3, -0.25) is 25.7 Å². The molecule has 0 bridgehead atoms. The van der Waals surface area contributed by atoms with E-state index < -0.39 is 38.7 Å². The van der Waals surface area contributed by atoms with Gasteiger partial charge in [-0.2, -0.15) is 18.3 Å². The Bertz CT molecular complexity index is 1130. The molecular formula is C20H13F3N4O5. The molecule has 0 aliphatic heterocycles. The monoisotopic (exact) mass is 446 g/mol. The van der Waals surface area contributed by atoms with Gasteiger partial charge >= 0.3 is 17.6 Å². The highest BCUT2D eigenvalue weighted by Gasteiger charge is 2.38. The van der Waals surface area contributed by atoms with Gasteiger partial charge in [0, 0.05) is 12.1 Å². The fourth-order valence-electron chi connectivity index (χ4n) is 2.57. The van der Waals surface area contributed by atoms with Gasteiger partial charge in [-0.05, 0) is 42.0 Å². The van der Waals surface area contributed by atoms with Crippen LogP contribution in [-0.2, 0) is 6.18 Å². The first kappa shape index (κ1) is 22.2. The molecule has 0 amide bonds. The molecule has 0 aromatic heterocycles. The molecule has 12 heteroatoms. The first-order chi connectivity index (χ1) is 15.1. The Kier molecular flexibility index (Phi) is 6.33. The van der Waals surface area contributed by atoms with Crippen LogP contribution in [-0.4, -0.2) is 16.1 Å². The van der Waals surface area contributed by atoms with E-state index in [9.17, 15) is 33.4 Å². The summed E-state index contributed by atoms with van der Waals surface area (Å²) in [4.78, 5) is 20.2. The molecule has 0 aliphatic rings. The molecule has 9 nitrogen and oxygen atoms in total. The third-order valence-electron chi connectivity index (χ3n) is 4.05. The van der Waals surface area contributed by atoms with Crippen molar-refractivity contribution in [1.29, 1.82) is 0 Å². The zero-order valence-corrected chi connectivity index (χ0v) is 15.9. The molecule has 0 radical (unpaired) electrons. The molecule has 0 unspecified atom stereocenters. The smallest absolute Gasteiger partial charge is 0.416 e. The van der Waals surface area contributed by atoms with Crippen LogP contribution in [0.3, 0.4) is 0 Å². The third-order valence-corrected chi connectivity index (χ3v) is 4.05. The minimum atomic E-state index is -5.01. The molecule has 0 heterocycles. The van der Waals surface area contributed by atoms with Crippen LogP contribution < -0.4 is 10.2 Å². The predicted molar refractivity (Wildman–Crippen MR) is 109 cm³/mol. The second-order valence-electron chi connectivity index (χ2n) is 6.26. The number of nitro benzene ring substituents is 2. The van der Waals surface area contributed by atoms with E-state index >= 15 is 0 Å². The van der Waals surface area contributed by atoms with Crippen LogP contribution in [0.2, 0.25) is 0 Å². The molecule has 0 atom stereocenters. The summed E-state index contributed by atoms with van der Waals surface area (Å²) < 4.78 is 44.2. The molecule has 3 rings (SSSR count). The number of nitro groups is 2. The van der Waals surface area contributed by atoms with Crippen LogP contribution in [0.5, 0.6) is 11.5 Å². The standard InChI is InChI=1S/C20H13F3N4O5/c21-20(22,23)14-10-17(26(28)29)19(18(11-14)27(30)31)32-16-8-6-13(7-9-16)12-24-25-15-4-2-1-3-5-15/h1-12,25H. The second kappa shape index (κ2) is 9.12. The number of rotatable bonds is 7. The van der Waals surface area contributed by atoms with Gasteiger partial charge in [0.2, 0.25) is 0 Å². The molecule has 3 aromatic rings. The van der Waals surface area contributed by atoms with E-state index in [1.54, 1.807) is 12.1 Å². The number of ether oxygens (including phenoxy) is 1. The average molecular weight is 446 g/mol. The Balaban J connectivity index is 1.86. The van der Waals surface area contributed by atoms with Crippen molar-refractivity contribution in [2.45, 2.75) is 6.18 Å². The Morgan fingerprint density at radius 2 is 1.47 bits per heavy atom. The van der Waals surface area contributed by atoms with Crippen molar-refractivity contribution in [3.8, 4) is 11.5 Å². The number of hydrogen-bond acceptors (Lipinski definition) is 7.